The molecule has 1 spiro atoms. The highest BCUT2D eigenvalue weighted by atomic mass is 35.5. The van der Waals surface area contributed by atoms with Crippen molar-refractivity contribution in [3.63, 3.8) is 0 Å². The number of halogens is 1. The van der Waals surface area contributed by atoms with Gasteiger partial charge < -0.3 is 14.8 Å². The van der Waals surface area contributed by atoms with E-state index in [1.54, 1.807) is 0 Å². The van der Waals surface area contributed by atoms with Crippen LogP contribution in [0, 0.1) is 0 Å². The van der Waals surface area contributed by atoms with E-state index in [1.165, 1.54) is 19.3 Å². The van der Waals surface area contributed by atoms with Crippen molar-refractivity contribution in [2.24, 2.45) is 0 Å². The minimum Gasteiger partial charge on any atom is -0.352 e. The highest BCUT2D eigenvalue weighted by Gasteiger charge is 2.42. The number of likely N-dealkylation sites (tertiary alicyclic amines) is 1. The second-order valence-electron chi connectivity index (χ2n) is 7.94. The van der Waals surface area contributed by atoms with Gasteiger partial charge in [-0.2, -0.15) is 0 Å². The van der Waals surface area contributed by atoms with Gasteiger partial charge in [0, 0.05) is 37.0 Å². The monoisotopic (exact) mass is 392 g/mol. The van der Waals surface area contributed by atoms with E-state index in [9.17, 15) is 4.79 Å². The molecule has 2 saturated heterocycles. The molecule has 148 valence electrons. The molecule has 5 nitrogen and oxygen atoms in total. The second kappa shape index (κ2) is 8.48. The summed E-state index contributed by atoms with van der Waals surface area (Å²) in [5.74, 6) is -0.325. The standard InChI is InChI=1S/C21H29ClN2O3/c22-17-8-6-16(7-9-17)19(20(25)23-18-4-2-1-3-5-18)24-12-10-21(11-13-24)26-14-15-27-21/h6-9,18-19H,1-5,10-15H2,(H,23,25)/t19-/m1/s1. The molecule has 4 rings (SSSR count). The van der Waals surface area contributed by atoms with Gasteiger partial charge in [0.15, 0.2) is 5.79 Å². The Kier molecular flexibility index (Phi) is 6.02. The third-order valence-electron chi connectivity index (χ3n) is 6.12. The van der Waals surface area contributed by atoms with Gasteiger partial charge in [0.1, 0.15) is 6.04 Å². The summed E-state index contributed by atoms with van der Waals surface area (Å²) in [6.45, 7) is 2.91. The smallest absolute Gasteiger partial charge is 0.242 e. The molecule has 3 fully saturated rings. The van der Waals surface area contributed by atoms with E-state index in [2.05, 4.69) is 10.2 Å². The zero-order valence-corrected chi connectivity index (χ0v) is 16.5. The number of piperidine rings is 1. The summed E-state index contributed by atoms with van der Waals surface area (Å²) in [6.07, 6.45) is 7.46. The summed E-state index contributed by atoms with van der Waals surface area (Å²) in [5, 5.41) is 4.00. The molecule has 1 aromatic rings. The first-order chi connectivity index (χ1) is 13.2. The van der Waals surface area contributed by atoms with Crippen LogP contribution in [0.3, 0.4) is 0 Å². The van der Waals surface area contributed by atoms with Crippen molar-refractivity contribution in [2.45, 2.75) is 62.8 Å². The van der Waals surface area contributed by atoms with Gasteiger partial charge >= 0.3 is 0 Å². The number of rotatable bonds is 4. The lowest BCUT2D eigenvalue weighted by atomic mass is 9.94. The SMILES string of the molecule is O=C(NC1CCCCC1)[C@@H](c1ccc(Cl)cc1)N1CCC2(CC1)OCCO2. The van der Waals surface area contributed by atoms with Gasteiger partial charge in [0.05, 0.1) is 13.2 Å². The van der Waals surface area contributed by atoms with Crippen molar-refractivity contribution in [1.29, 1.82) is 0 Å². The first kappa shape index (κ1) is 19.2. The lowest BCUT2D eigenvalue weighted by molar-refractivity contribution is -0.189. The summed E-state index contributed by atoms with van der Waals surface area (Å²) >= 11 is 6.07. The largest absolute Gasteiger partial charge is 0.352 e. The highest BCUT2D eigenvalue weighted by Crippen LogP contribution is 2.35. The summed E-state index contributed by atoms with van der Waals surface area (Å²) in [5.41, 5.74) is 0.997. The van der Waals surface area contributed by atoms with E-state index < -0.39 is 5.79 Å². The van der Waals surface area contributed by atoms with Crippen LogP contribution in [-0.2, 0) is 14.3 Å². The summed E-state index contributed by atoms with van der Waals surface area (Å²) in [6, 6.07) is 7.70. The van der Waals surface area contributed by atoms with Crippen molar-refractivity contribution in [3.8, 4) is 0 Å². The van der Waals surface area contributed by atoms with E-state index in [4.69, 9.17) is 21.1 Å². The maximum Gasteiger partial charge on any atom is 0.242 e. The van der Waals surface area contributed by atoms with Gasteiger partial charge in [0.2, 0.25) is 5.91 Å². The third kappa shape index (κ3) is 4.48. The molecule has 27 heavy (non-hydrogen) atoms. The number of nitrogens with zero attached hydrogens (tertiary/aromatic N) is 1. The Hall–Kier alpha value is -1.14. The molecule has 0 aromatic heterocycles. The average molecular weight is 393 g/mol. The van der Waals surface area contributed by atoms with Crippen LogP contribution in [-0.4, -0.2) is 48.9 Å². The first-order valence-corrected chi connectivity index (χ1v) is 10.6. The van der Waals surface area contributed by atoms with Gasteiger partial charge in [-0.15, -0.1) is 0 Å². The molecule has 1 N–H and O–H groups in total. The molecule has 1 atom stereocenters. The number of benzene rings is 1. The lowest BCUT2D eigenvalue weighted by Gasteiger charge is -2.41. The Bertz CT molecular complexity index is 629. The zero-order valence-electron chi connectivity index (χ0n) is 15.8. The van der Waals surface area contributed by atoms with Crippen molar-refractivity contribution in [2.75, 3.05) is 26.3 Å². The van der Waals surface area contributed by atoms with E-state index in [0.717, 1.165) is 44.3 Å². The van der Waals surface area contributed by atoms with Crippen molar-refractivity contribution in [1.82, 2.24) is 10.2 Å². The quantitative estimate of drug-likeness (QED) is 0.849. The van der Waals surface area contributed by atoms with Gasteiger partial charge in [0.25, 0.3) is 0 Å². The molecule has 1 saturated carbocycles. The number of hydrogen-bond donors (Lipinski definition) is 1. The first-order valence-electron chi connectivity index (χ1n) is 10.2. The summed E-state index contributed by atoms with van der Waals surface area (Å²) in [7, 11) is 0. The average Bonchev–Trinajstić information content (AvgIpc) is 3.14. The minimum atomic E-state index is -0.430. The number of hydrogen-bond acceptors (Lipinski definition) is 4. The van der Waals surface area contributed by atoms with Crippen molar-refractivity contribution < 1.29 is 14.3 Å². The second-order valence-corrected chi connectivity index (χ2v) is 8.38. The zero-order chi connectivity index (χ0) is 18.7. The Labute approximate surface area is 166 Å². The molecular weight excluding hydrogens is 364 g/mol. The maximum absolute atomic E-state index is 13.3. The summed E-state index contributed by atoms with van der Waals surface area (Å²) in [4.78, 5) is 15.5. The number of carbonyl (C=O) groups is 1. The third-order valence-corrected chi connectivity index (χ3v) is 6.38. The molecule has 1 amide bonds. The molecule has 6 heteroatoms. The molecule has 0 unspecified atom stereocenters. The number of carbonyl (C=O) groups excluding carboxylic acids is 1. The molecule has 2 aliphatic heterocycles. The maximum atomic E-state index is 13.3. The lowest BCUT2D eigenvalue weighted by Crippen LogP contribution is -2.51. The predicted molar refractivity (Wildman–Crippen MR) is 105 cm³/mol. The van der Waals surface area contributed by atoms with E-state index in [0.29, 0.717) is 24.3 Å². The van der Waals surface area contributed by atoms with Crippen LogP contribution < -0.4 is 5.32 Å². The van der Waals surface area contributed by atoms with E-state index >= 15 is 0 Å². The molecule has 1 aliphatic carbocycles. The molecule has 1 aromatic carbocycles. The Balaban J connectivity index is 1.49. The van der Waals surface area contributed by atoms with Gasteiger partial charge in [-0.1, -0.05) is 43.0 Å². The van der Waals surface area contributed by atoms with Crippen LogP contribution in [0.25, 0.3) is 0 Å². The molecule has 3 aliphatic rings. The van der Waals surface area contributed by atoms with E-state index in [1.807, 2.05) is 24.3 Å². The van der Waals surface area contributed by atoms with Crippen molar-refractivity contribution in [3.05, 3.63) is 34.9 Å². The normalized spacial score (nSPS) is 24.8. The van der Waals surface area contributed by atoms with E-state index in [-0.39, 0.29) is 11.9 Å². The Morgan fingerprint density at radius 3 is 2.33 bits per heavy atom. The van der Waals surface area contributed by atoms with Crippen LogP contribution in [0.5, 0.6) is 0 Å². The minimum absolute atomic E-state index is 0.105. The molecule has 2 heterocycles. The number of ether oxygens (including phenoxy) is 2. The van der Waals surface area contributed by atoms with Crippen LogP contribution in [0.1, 0.15) is 56.6 Å². The fraction of sp³-hybridized carbons (Fsp3) is 0.667. The Morgan fingerprint density at radius 1 is 1.07 bits per heavy atom. The van der Waals surface area contributed by atoms with Crippen LogP contribution in [0.15, 0.2) is 24.3 Å². The highest BCUT2D eigenvalue weighted by molar-refractivity contribution is 6.30. The van der Waals surface area contributed by atoms with Gasteiger partial charge in [-0.05, 0) is 30.5 Å². The topological polar surface area (TPSA) is 50.8 Å². The van der Waals surface area contributed by atoms with Gasteiger partial charge in [-0.3, -0.25) is 9.69 Å². The van der Waals surface area contributed by atoms with Crippen LogP contribution >= 0.6 is 11.6 Å². The van der Waals surface area contributed by atoms with Crippen LogP contribution in [0.4, 0.5) is 0 Å². The number of nitrogens with one attached hydrogen (secondary N) is 1. The Morgan fingerprint density at radius 2 is 1.70 bits per heavy atom. The fourth-order valence-electron chi connectivity index (χ4n) is 4.61. The number of amides is 1. The molecular formula is C21H29ClN2O3. The van der Waals surface area contributed by atoms with Crippen molar-refractivity contribution >= 4 is 17.5 Å². The fourth-order valence-corrected chi connectivity index (χ4v) is 4.73. The van der Waals surface area contributed by atoms with Crippen LogP contribution in [0.2, 0.25) is 5.02 Å². The predicted octanol–water partition coefficient (Wildman–Crippen LogP) is 3.67. The summed E-state index contributed by atoms with van der Waals surface area (Å²) < 4.78 is 11.7. The molecule has 0 bridgehead atoms. The van der Waals surface area contributed by atoms with Gasteiger partial charge in [-0.25, -0.2) is 0 Å². The molecule has 0 radical (unpaired) electrons.